The van der Waals surface area contributed by atoms with Crippen LogP contribution in [0.5, 0.6) is 0 Å². The lowest BCUT2D eigenvalue weighted by Gasteiger charge is -2.23. The lowest BCUT2D eigenvalue weighted by atomic mass is 9.98. The first-order chi connectivity index (χ1) is 14.8. The highest BCUT2D eigenvalue weighted by atomic mass is 16.5. The van der Waals surface area contributed by atoms with Crippen molar-refractivity contribution in [2.45, 2.75) is 31.8 Å². The zero-order valence-corrected chi connectivity index (χ0v) is 17.4. The number of aliphatic hydroxyl groups is 1. The molecule has 0 aromatic heterocycles. The van der Waals surface area contributed by atoms with E-state index in [0.717, 1.165) is 22.3 Å². The standard InChI is InChI=1S/C23H26N2O6/c1-13(2)20(21(27)24-19(11-26)22(28)29)25-23(30)31-12-18-16-9-5-3-7-14(16)15-8-4-6-10-17(15)18/h3-10,13,18-20,26H,11-12H2,1-2H3,(H,24,27)(H,25,30)(H,28,29)/t19-,20-/m0/s1. The van der Waals surface area contributed by atoms with Gasteiger partial charge in [-0.05, 0) is 28.2 Å². The summed E-state index contributed by atoms with van der Waals surface area (Å²) in [5.74, 6) is -2.51. The fourth-order valence-corrected chi connectivity index (χ4v) is 3.75. The predicted molar refractivity (Wildman–Crippen MR) is 113 cm³/mol. The minimum atomic E-state index is -1.45. The normalized spacial score (nSPS) is 14.3. The summed E-state index contributed by atoms with van der Waals surface area (Å²) in [5.41, 5.74) is 4.36. The van der Waals surface area contributed by atoms with Gasteiger partial charge >= 0.3 is 12.1 Å². The van der Waals surface area contributed by atoms with Gasteiger partial charge in [0, 0.05) is 5.92 Å². The van der Waals surface area contributed by atoms with Crippen LogP contribution in [0, 0.1) is 5.92 Å². The lowest BCUT2D eigenvalue weighted by Crippen LogP contribution is -2.54. The van der Waals surface area contributed by atoms with Crippen LogP contribution in [0.2, 0.25) is 0 Å². The van der Waals surface area contributed by atoms with Gasteiger partial charge in [-0.3, -0.25) is 4.79 Å². The molecular weight excluding hydrogens is 400 g/mol. The van der Waals surface area contributed by atoms with Crippen LogP contribution in [-0.4, -0.2) is 53.5 Å². The summed E-state index contributed by atoms with van der Waals surface area (Å²) in [6, 6.07) is 13.4. The molecule has 31 heavy (non-hydrogen) atoms. The number of fused-ring (bicyclic) bond motifs is 3. The number of nitrogens with one attached hydrogen (secondary N) is 2. The van der Waals surface area contributed by atoms with Gasteiger partial charge in [-0.15, -0.1) is 0 Å². The van der Waals surface area contributed by atoms with Crippen molar-refractivity contribution in [2.75, 3.05) is 13.2 Å². The third kappa shape index (κ3) is 4.86. The van der Waals surface area contributed by atoms with E-state index in [9.17, 15) is 14.4 Å². The fourth-order valence-electron chi connectivity index (χ4n) is 3.75. The number of aliphatic carboxylic acids is 1. The number of alkyl carbamates (subject to hydrolysis) is 1. The van der Waals surface area contributed by atoms with Crippen LogP contribution < -0.4 is 10.6 Å². The van der Waals surface area contributed by atoms with E-state index in [1.165, 1.54) is 0 Å². The molecule has 0 saturated heterocycles. The topological polar surface area (TPSA) is 125 Å². The van der Waals surface area contributed by atoms with Gasteiger partial charge < -0.3 is 25.6 Å². The first-order valence-corrected chi connectivity index (χ1v) is 10.1. The average molecular weight is 426 g/mol. The monoisotopic (exact) mass is 426 g/mol. The van der Waals surface area contributed by atoms with Gasteiger partial charge in [0.25, 0.3) is 0 Å². The molecule has 0 radical (unpaired) electrons. The number of carboxylic acids is 1. The Kier molecular flexibility index (Phi) is 6.91. The number of benzene rings is 2. The predicted octanol–water partition coefficient (Wildman–Crippen LogP) is 2.11. The molecule has 0 bridgehead atoms. The molecule has 2 aromatic rings. The molecule has 0 heterocycles. The Morgan fingerprint density at radius 3 is 2.00 bits per heavy atom. The number of rotatable bonds is 8. The van der Waals surface area contributed by atoms with Crippen LogP contribution in [0.3, 0.4) is 0 Å². The number of ether oxygens (including phenoxy) is 1. The number of carbonyl (C=O) groups is 3. The first-order valence-electron chi connectivity index (χ1n) is 10.1. The third-order valence-corrected chi connectivity index (χ3v) is 5.36. The Morgan fingerprint density at radius 2 is 1.52 bits per heavy atom. The molecule has 8 nitrogen and oxygen atoms in total. The summed E-state index contributed by atoms with van der Waals surface area (Å²) in [4.78, 5) is 35.9. The second-order valence-electron chi connectivity index (χ2n) is 7.77. The summed E-state index contributed by atoms with van der Waals surface area (Å²) in [6.07, 6.45) is -0.772. The van der Waals surface area contributed by atoms with Gasteiger partial charge in [-0.25, -0.2) is 9.59 Å². The maximum atomic E-state index is 12.5. The van der Waals surface area contributed by atoms with E-state index >= 15 is 0 Å². The quantitative estimate of drug-likeness (QED) is 0.512. The second kappa shape index (κ2) is 9.61. The molecule has 1 aliphatic rings. The smallest absolute Gasteiger partial charge is 0.407 e. The highest BCUT2D eigenvalue weighted by Crippen LogP contribution is 2.44. The third-order valence-electron chi connectivity index (χ3n) is 5.36. The maximum Gasteiger partial charge on any atom is 0.407 e. The van der Waals surface area contributed by atoms with Crippen molar-refractivity contribution < 1.29 is 29.3 Å². The minimum Gasteiger partial charge on any atom is -0.480 e. The molecule has 8 heteroatoms. The molecule has 0 unspecified atom stereocenters. The molecule has 4 N–H and O–H groups in total. The highest BCUT2D eigenvalue weighted by Gasteiger charge is 2.31. The average Bonchev–Trinajstić information content (AvgIpc) is 3.07. The Morgan fingerprint density at radius 1 is 0.968 bits per heavy atom. The van der Waals surface area contributed by atoms with E-state index in [1.54, 1.807) is 13.8 Å². The van der Waals surface area contributed by atoms with Crippen molar-refractivity contribution in [2.24, 2.45) is 5.92 Å². The van der Waals surface area contributed by atoms with E-state index in [2.05, 4.69) is 10.6 Å². The summed E-state index contributed by atoms with van der Waals surface area (Å²) in [6.45, 7) is 2.77. The van der Waals surface area contributed by atoms with Crippen molar-refractivity contribution in [3.63, 3.8) is 0 Å². The van der Waals surface area contributed by atoms with Gasteiger partial charge in [0.05, 0.1) is 6.61 Å². The highest BCUT2D eigenvalue weighted by molar-refractivity contribution is 5.89. The fraction of sp³-hybridized carbons (Fsp3) is 0.348. The zero-order valence-electron chi connectivity index (χ0n) is 17.4. The van der Waals surface area contributed by atoms with Gasteiger partial charge in [0.2, 0.25) is 5.91 Å². The number of hydrogen-bond acceptors (Lipinski definition) is 5. The van der Waals surface area contributed by atoms with Crippen molar-refractivity contribution in [1.29, 1.82) is 0 Å². The molecule has 0 aliphatic heterocycles. The van der Waals surface area contributed by atoms with Crippen molar-refractivity contribution in [1.82, 2.24) is 10.6 Å². The van der Waals surface area contributed by atoms with Crippen LogP contribution in [0.25, 0.3) is 11.1 Å². The molecular formula is C23H26N2O6. The van der Waals surface area contributed by atoms with E-state index in [1.807, 2.05) is 48.5 Å². The van der Waals surface area contributed by atoms with E-state index < -0.39 is 36.7 Å². The summed E-state index contributed by atoms with van der Waals surface area (Å²) in [7, 11) is 0. The van der Waals surface area contributed by atoms with Crippen LogP contribution in [-0.2, 0) is 14.3 Å². The number of carboxylic acid groups (broad SMARTS) is 1. The largest absolute Gasteiger partial charge is 0.480 e. The first kappa shape index (κ1) is 22.3. The van der Waals surface area contributed by atoms with Crippen LogP contribution >= 0.6 is 0 Å². The Labute approximate surface area is 180 Å². The number of hydrogen-bond donors (Lipinski definition) is 4. The van der Waals surface area contributed by atoms with E-state index in [0.29, 0.717) is 0 Å². The summed E-state index contributed by atoms with van der Waals surface area (Å²) < 4.78 is 5.45. The Balaban J connectivity index is 1.66. The van der Waals surface area contributed by atoms with Crippen molar-refractivity contribution in [3.05, 3.63) is 59.7 Å². The van der Waals surface area contributed by atoms with Crippen LogP contribution in [0.15, 0.2) is 48.5 Å². The lowest BCUT2D eigenvalue weighted by molar-refractivity contribution is -0.143. The van der Waals surface area contributed by atoms with Crippen molar-refractivity contribution >= 4 is 18.0 Å². The van der Waals surface area contributed by atoms with Gasteiger partial charge in [0.15, 0.2) is 0 Å². The molecule has 0 fully saturated rings. The van der Waals surface area contributed by atoms with Gasteiger partial charge in [-0.2, -0.15) is 0 Å². The minimum absolute atomic E-state index is 0.0979. The van der Waals surface area contributed by atoms with Gasteiger partial charge in [-0.1, -0.05) is 62.4 Å². The van der Waals surface area contributed by atoms with E-state index in [4.69, 9.17) is 14.9 Å². The number of aliphatic hydroxyl groups excluding tert-OH is 1. The van der Waals surface area contributed by atoms with Gasteiger partial charge in [0.1, 0.15) is 18.7 Å². The summed E-state index contributed by atoms with van der Waals surface area (Å²) >= 11 is 0. The SMILES string of the molecule is CC(C)[C@H](NC(=O)OCC1c2ccccc2-c2ccccc21)C(=O)N[C@@H](CO)C(=O)O. The molecule has 2 amide bonds. The second-order valence-corrected chi connectivity index (χ2v) is 7.77. The van der Waals surface area contributed by atoms with Crippen LogP contribution in [0.4, 0.5) is 4.79 Å². The van der Waals surface area contributed by atoms with Crippen molar-refractivity contribution in [3.8, 4) is 11.1 Å². The molecule has 1 aliphatic carbocycles. The Bertz CT molecular complexity index is 929. The molecule has 164 valence electrons. The molecule has 2 aromatic carbocycles. The van der Waals surface area contributed by atoms with Crippen LogP contribution in [0.1, 0.15) is 30.9 Å². The maximum absolute atomic E-state index is 12.5. The number of amides is 2. The molecule has 0 saturated carbocycles. The van der Waals surface area contributed by atoms with E-state index in [-0.39, 0.29) is 18.4 Å². The summed E-state index contributed by atoms with van der Waals surface area (Å²) in [5, 5.41) is 22.8. The number of carbonyl (C=O) groups excluding carboxylic acids is 2. The molecule has 3 rings (SSSR count). The molecule has 0 spiro atoms. The molecule has 2 atom stereocenters. The zero-order chi connectivity index (χ0) is 22.5. The Hall–Kier alpha value is -3.39.